The number of rotatable bonds is 14. The Balaban J connectivity index is 1.88. The summed E-state index contributed by atoms with van der Waals surface area (Å²) in [6.45, 7) is 0. The van der Waals surface area contributed by atoms with Crippen LogP contribution >= 0.6 is 72.3 Å². The summed E-state index contributed by atoms with van der Waals surface area (Å²) >= 11 is 17.0. The van der Waals surface area contributed by atoms with E-state index in [1.807, 2.05) is 11.8 Å². The smallest absolute Gasteiger partial charge is 0.00475 e. The Morgan fingerprint density at radius 2 is 1.18 bits per heavy atom. The first-order valence-corrected chi connectivity index (χ1v) is 14.2. The molecule has 0 aromatic carbocycles. The second-order valence-electron chi connectivity index (χ2n) is 5.59. The third-order valence-electron chi connectivity index (χ3n) is 3.89. The van der Waals surface area contributed by atoms with E-state index in [9.17, 15) is 0 Å². The standard InChI is InChI=1S/C16H32S6/c17-6-9-20-12-11-19-8-5-15-1-3-16(4-2-15)22-14-13-21-10-7-18/h15-18H,1-14H2. The molecular weight excluding hydrogens is 385 g/mol. The van der Waals surface area contributed by atoms with Crippen molar-refractivity contribution in [2.24, 2.45) is 5.92 Å². The van der Waals surface area contributed by atoms with Gasteiger partial charge in [0.2, 0.25) is 0 Å². The minimum absolute atomic E-state index is 0.957. The van der Waals surface area contributed by atoms with E-state index in [4.69, 9.17) is 0 Å². The van der Waals surface area contributed by atoms with Crippen LogP contribution in [0.4, 0.5) is 0 Å². The van der Waals surface area contributed by atoms with Gasteiger partial charge in [0.05, 0.1) is 0 Å². The van der Waals surface area contributed by atoms with Gasteiger partial charge in [-0.3, -0.25) is 0 Å². The van der Waals surface area contributed by atoms with Gasteiger partial charge in [-0.05, 0) is 55.3 Å². The molecular formula is C16H32S6. The molecule has 6 heteroatoms. The van der Waals surface area contributed by atoms with E-state index in [0.29, 0.717) is 0 Å². The maximum Gasteiger partial charge on any atom is 0.00475 e. The predicted molar refractivity (Wildman–Crippen MR) is 123 cm³/mol. The van der Waals surface area contributed by atoms with E-state index in [1.165, 1.54) is 72.4 Å². The highest BCUT2D eigenvalue weighted by molar-refractivity contribution is 8.03. The van der Waals surface area contributed by atoms with Crippen LogP contribution < -0.4 is 0 Å². The fraction of sp³-hybridized carbons (Fsp3) is 1.00. The summed E-state index contributed by atoms with van der Waals surface area (Å²) in [6.07, 6.45) is 7.36. The van der Waals surface area contributed by atoms with Crippen LogP contribution in [0.1, 0.15) is 32.1 Å². The van der Waals surface area contributed by atoms with E-state index < -0.39 is 0 Å². The number of hydrogen-bond acceptors (Lipinski definition) is 6. The lowest BCUT2D eigenvalue weighted by atomic mass is 9.87. The van der Waals surface area contributed by atoms with Gasteiger partial charge in [-0.2, -0.15) is 72.3 Å². The predicted octanol–water partition coefficient (Wildman–Crippen LogP) is 5.73. The maximum absolute atomic E-state index is 4.26. The molecule has 0 radical (unpaired) electrons. The number of thioether (sulfide) groups is 4. The molecule has 0 nitrogen and oxygen atoms in total. The highest BCUT2D eigenvalue weighted by Gasteiger charge is 2.20. The molecule has 1 saturated carbocycles. The summed E-state index contributed by atoms with van der Waals surface area (Å²) in [6, 6.07) is 0. The lowest BCUT2D eigenvalue weighted by Crippen LogP contribution is -2.17. The summed E-state index contributed by atoms with van der Waals surface area (Å²) in [5, 5.41) is 0.957. The van der Waals surface area contributed by atoms with Crippen molar-refractivity contribution in [3.05, 3.63) is 0 Å². The molecule has 0 atom stereocenters. The zero-order valence-corrected chi connectivity index (χ0v) is 18.6. The van der Waals surface area contributed by atoms with Gasteiger partial charge in [-0.15, -0.1) is 0 Å². The Bertz CT molecular complexity index is 231. The molecule has 0 amide bonds. The molecule has 0 heterocycles. The molecule has 1 fully saturated rings. The van der Waals surface area contributed by atoms with E-state index in [1.54, 1.807) is 0 Å². The Hall–Kier alpha value is 2.10. The van der Waals surface area contributed by atoms with Crippen LogP contribution in [0.15, 0.2) is 0 Å². The molecule has 1 aliphatic rings. The zero-order valence-electron chi connectivity index (χ0n) is 13.6. The second kappa shape index (κ2) is 16.6. The van der Waals surface area contributed by atoms with Gasteiger partial charge in [-0.1, -0.05) is 0 Å². The molecule has 0 N–H and O–H groups in total. The quantitative estimate of drug-likeness (QED) is 0.274. The first-order valence-electron chi connectivity index (χ1n) is 8.43. The van der Waals surface area contributed by atoms with Crippen LogP contribution in [0.5, 0.6) is 0 Å². The third-order valence-corrected chi connectivity index (χ3v) is 9.83. The summed E-state index contributed by atoms with van der Waals surface area (Å²) in [7, 11) is 0. The second-order valence-corrected chi connectivity index (χ2v) is 11.6. The van der Waals surface area contributed by atoms with Gasteiger partial charge in [0, 0.05) is 39.8 Å². The minimum atomic E-state index is 0.957. The molecule has 132 valence electrons. The Morgan fingerprint density at radius 1 is 0.636 bits per heavy atom. The topological polar surface area (TPSA) is 0 Å². The maximum atomic E-state index is 4.26. The Morgan fingerprint density at radius 3 is 1.77 bits per heavy atom. The molecule has 0 aromatic heterocycles. The fourth-order valence-corrected chi connectivity index (χ4v) is 7.55. The van der Waals surface area contributed by atoms with Crippen molar-refractivity contribution in [3.63, 3.8) is 0 Å². The Kier molecular flexibility index (Phi) is 16.7. The highest BCUT2D eigenvalue weighted by Crippen LogP contribution is 2.34. The van der Waals surface area contributed by atoms with Gasteiger partial charge < -0.3 is 0 Å². The molecule has 0 aliphatic heterocycles. The van der Waals surface area contributed by atoms with Gasteiger partial charge in [-0.25, -0.2) is 0 Å². The summed E-state index contributed by atoms with van der Waals surface area (Å²) in [5.41, 5.74) is 0. The molecule has 1 aliphatic carbocycles. The number of hydrogen-bond donors (Lipinski definition) is 2. The van der Waals surface area contributed by atoms with E-state index in [-0.39, 0.29) is 0 Å². The average molecular weight is 417 g/mol. The molecule has 22 heavy (non-hydrogen) atoms. The van der Waals surface area contributed by atoms with Crippen molar-refractivity contribution in [3.8, 4) is 0 Å². The SMILES string of the molecule is SCCSCCSCCC1CCC(SCCSCCS)CC1. The van der Waals surface area contributed by atoms with Gasteiger partial charge in [0.15, 0.2) is 0 Å². The van der Waals surface area contributed by atoms with Gasteiger partial charge in [0.1, 0.15) is 0 Å². The first-order chi connectivity index (χ1) is 10.9. The normalized spacial score (nSPS) is 22.1. The zero-order chi connectivity index (χ0) is 15.9. The Labute approximate surface area is 166 Å². The molecule has 0 unspecified atom stereocenters. The van der Waals surface area contributed by atoms with Crippen molar-refractivity contribution in [2.75, 3.05) is 51.8 Å². The van der Waals surface area contributed by atoms with Crippen LogP contribution in [0.25, 0.3) is 0 Å². The fourth-order valence-electron chi connectivity index (χ4n) is 2.66. The van der Waals surface area contributed by atoms with E-state index in [2.05, 4.69) is 60.5 Å². The van der Waals surface area contributed by atoms with Crippen LogP contribution in [-0.2, 0) is 0 Å². The largest absolute Gasteiger partial charge is 0.179 e. The molecule has 0 spiro atoms. The van der Waals surface area contributed by atoms with Crippen molar-refractivity contribution in [1.82, 2.24) is 0 Å². The van der Waals surface area contributed by atoms with Crippen LogP contribution in [0.3, 0.4) is 0 Å². The van der Waals surface area contributed by atoms with Crippen LogP contribution in [-0.4, -0.2) is 57.0 Å². The molecule has 0 aromatic rings. The van der Waals surface area contributed by atoms with E-state index >= 15 is 0 Å². The van der Waals surface area contributed by atoms with Gasteiger partial charge >= 0.3 is 0 Å². The van der Waals surface area contributed by atoms with Crippen molar-refractivity contribution in [1.29, 1.82) is 0 Å². The summed E-state index contributed by atoms with van der Waals surface area (Å²) in [5.74, 6) is 12.1. The first kappa shape index (κ1) is 22.1. The summed E-state index contributed by atoms with van der Waals surface area (Å²) in [4.78, 5) is 0. The molecule has 1 rings (SSSR count). The van der Waals surface area contributed by atoms with Crippen molar-refractivity contribution < 1.29 is 0 Å². The van der Waals surface area contributed by atoms with Crippen LogP contribution in [0, 0.1) is 5.92 Å². The summed E-state index contributed by atoms with van der Waals surface area (Å²) < 4.78 is 0. The lowest BCUT2D eigenvalue weighted by Gasteiger charge is -2.28. The van der Waals surface area contributed by atoms with Crippen molar-refractivity contribution >= 4 is 72.3 Å². The molecule has 0 bridgehead atoms. The highest BCUT2D eigenvalue weighted by atomic mass is 32.2. The monoisotopic (exact) mass is 416 g/mol. The lowest BCUT2D eigenvalue weighted by molar-refractivity contribution is 0.358. The third kappa shape index (κ3) is 12.5. The van der Waals surface area contributed by atoms with Crippen molar-refractivity contribution in [2.45, 2.75) is 37.4 Å². The average Bonchev–Trinajstić information content (AvgIpc) is 2.55. The number of thiol groups is 2. The van der Waals surface area contributed by atoms with Gasteiger partial charge in [0.25, 0.3) is 0 Å². The molecule has 0 saturated heterocycles. The minimum Gasteiger partial charge on any atom is -0.179 e. The van der Waals surface area contributed by atoms with E-state index in [0.717, 1.165) is 22.7 Å². The van der Waals surface area contributed by atoms with Crippen LogP contribution in [0.2, 0.25) is 0 Å².